The van der Waals surface area contributed by atoms with Crippen molar-refractivity contribution in [2.45, 2.75) is 25.9 Å². The fraction of sp³-hybridized carbons (Fsp3) is 0.471. The van der Waals surface area contributed by atoms with E-state index in [-0.39, 0.29) is 6.61 Å². The molecule has 0 saturated carbocycles. The van der Waals surface area contributed by atoms with Crippen molar-refractivity contribution in [2.24, 2.45) is 5.92 Å². The van der Waals surface area contributed by atoms with Crippen LogP contribution in [0.25, 0.3) is 11.4 Å². The lowest BCUT2D eigenvalue weighted by Gasteiger charge is -2.33. The van der Waals surface area contributed by atoms with Crippen LogP contribution in [-0.4, -0.2) is 39.8 Å². The van der Waals surface area contributed by atoms with Crippen LogP contribution >= 0.6 is 0 Å². The smallest absolute Gasteiger partial charge is 0.163 e. The molecule has 4 rings (SSSR count). The predicted molar refractivity (Wildman–Crippen MR) is 87.8 cm³/mol. The molecule has 0 aliphatic carbocycles. The summed E-state index contributed by atoms with van der Waals surface area (Å²) in [6, 6.07) is 3.90. The van der Waals surface area contributed by atoms with Crippen molar-refractivity contribution in [2.75, 3.05) is 24.6 Å². The molecule has 1 saturated heterocycles. The van der Waals surface area contributed by atoms with Crippen molar-refractivity contribution in [3.05, 3.63) is 35.8 Å². The molecule has 23 heavy (non-hydrogen) atoms. The van der Waals surface area contributed by atoms with E-state index >= 15 is 0 Å². The predicted octanol–water partition coefficient (Wildman–Crippen LogP) is 1.35. The number of aliphatic hydroxyl groups is 1. The van der Waals surface area contributed by atoms with Gasteiger partial charge in [-0.25, -0.2) is 9.97 Å². The molecule has 0 radical (unpaired) electrons. The molecular weight excluding hydrogens is 290 g/mol. The highest BCUT2D eigenvalue weighted by atomic mass is 16.3. The van der Waals surface area contributed by atoms with Crippen LogP contribution in [-0.2, 0) is 13.1 Å². The number of rotatable bonds is 3. The molecule has 1 atom stereocenters. The fourth-order valence-corrected chi connectivity index (χ4v) is 3.44. The monoisotopic (exact) mass is 311 g/mol. The van der Waals surface area contributed by atoms with Crippen molar-refractivity contribution >= 4 is 5.82 Å². The first-order chi connectivity index (χ1) is 11.3. The van der Waals surface area contributed by atoms with Gasteiger partial charge in [0.15, 0.2) is 5.82 Å². The van der Waals surface area contributed by atoms with Gasteiger partial charge < -0.3 is 15.3 Å². The molecule has 2 aromatic heterocycles. The number of nitrogens with one attached hydrogen (secondary N) is 1. The Morgan fingerprint density at radius 1 is 1.30 bits per heavy atom. The van der Waals surface area contributed by atoms with Gasteiger partial charge in [-0.3, -0.25) is 4.98 Å². The van der Waals surface area contributed by atoms with Crippen molar-refractivity contribution < 1.29 is 5.11 Å². The van der Waals surface area contributed by atoms with Gasteiger partial charge in [0.1, 0.15) is 5.82 Å². The van der Waals surface area contributed by atoms with E-state index in [0.717, 1.165) is 61.9 Å². The third kappa shape index (κ3) is 2.80. The van der Waals surface area contributed by atoms with Crippen LogP contribution < -0.4 is 10.2 Å². The zero-order valence-electron chi connectivity index (χ0n) is 13.1. The molecule has 1 fully saturated rings. The third-order valence-corrected chi connectivity index (χ3v) is 4.66. The topological polar surface area (TPSA) is 74.2 Å². The first-order valence-corrected chi connectivity index (χ1v) is 8.22. The summed E-state index contributed by atoms with van der Waals surface area (Å²) in [5.41, 5.74) is 3.23. The molecule has 120 valence electrons. The van der Waals surface area contributed by atoms with Gasteiger partial charge in [-0.15, -0.1) is 0 Å². The maximum absolute atomic E-state index is 9.50. The Labute approximate surface area is 135 Å². The van der Waals surface area contributed by atoms with Crippen LogP contribution in [0.5, 0.6) is 0 Å². The Balaban J connectivity index is 1.75. The van der Waals surface area contributed by atoms with E-state index in [9.17, 15) is 5.11 Å². The fourth-order valence-electron chi connectivity index (χ4n) is 3.44. The van der Waals surface area contributed by atoms with Gasteiger partial charge in [-0.05, 0) is 30.9 Å². The number of fused-ring (bicyclic) bond motifs is 1. The van der Waals surface area contributed by atoms with Crippen LogP contribution in [0.15, 0.2) is 24.5 Å². The van der Waals surface area contributed by atoms with E-state index < -0.39 is 0 Å². The second-order valence-electron chi connectivity index (χ2n) is 6.28. The lowest BCUT2D eigenvalue weighted by Crippen LogP contribution is -2.38. The van der Waals surface area contributed by atoms with E-state index in [4.69, 9.17) is 9.97 Å². The van der Waals surface area contributed by atoms with E-state index in [1.54, 1.807) is 12.4 Å². The Kier molecular flexibility index (Phi) is 3.93. The number of hydrogen-bond donors (Lipinski definition) is 2. The normalized spacial score (nSPS) is 20.6. The Hall–Kier alpha value is -2.05. The number of anilines is 1. The maximum Gasteiger partial charge on any atom is 0.163 e. The van der Waals surface area contributed by atoms with Crippen LogP contribution in [0.4, 0.5) is 5.82 Å². The number of nitrogens with zero attached hydrogens (tertiary/aromatic N) is 4. The average Bonchev–Trinajstić information content (AvgIpc) is 3.10. The van der Waals surface area contributed by atoms with E-state index in [1.807, 2.05) is 12.1 Å². The van der Waals surface area contributed by atoms with Gasteiger partial charge in [0.05, 0.1) is 5.69 Å². The number of aromatic nitrogens is 3. The first-order valence-electron chi connectivity index (χ1n) is 8.22. The van der Waals surface area contributed by atoms with Gasteiger partial charge in [-0.1, -0.05) is 0 Å². The summed E-state index contributed by atoms with van der Waals surface area (Å²) < 4.78 is 0. The van der Waals surface area contributed by atoms with Gasteiger partial charge in [0, 0.05) is 56.3 Å². The minimum Gasteiger partial charge on any atom is -0.396 e. The molecule has 0 bridgehead atoms. The molecule has 2 aliphatic rings. The summed E-state index contributed by atoms with van der Waals surface area (Å²) >= 11 is 0. The van der Waals surface area contributed by atoms with Crippen molar-refractivity contribution in [3.63, 3.8) is 0 Å². The summed E-state index contributed by atoms with van der Waals surface area (Å²) in [5.74, 6) is 2.10. The molecular formula is C17H21N5O. The Bertz CT molecular complexity index is 691. The SMILES string of the molecule is OC[C@@H]1CCCN(c2nc(-c3cccnc3)nc3c2CNC3)C1. The van der Waals surface area contributed by atoms with Crippen molar-refractivity contribution in [1.82, 2.24) is 20.3 Å². The summed E-state index contributed by atoms with van der Waals surface area (Å²) in [6.07, 6.45) is 5.75. The van der Waals surface area contributed by atoms with Crippen LogP contribution in [0.2, 0.25) is 0 Å². The molecule has 6 nitrogen and oxygen atoms in total. The molecule has 2 aromatic rings. The largest absolute Gasteiger partial charge is 0.396 e. The first kappa shape index (κ1) is 14.5. The maximum atomic E-state index is 9.50. The summed E-state index contributed by atoms with van der Waals surface area (Å²) in [7, 11) is 0. The Morgan fingerprint density at radius 3 is 3.09 bits per heavy atom. The molecule has 4 heterocycles. The molecule has 2 aliphatic heterocycles. The number of pyridine rings is 1. The lowest BCUT2D eigenvalue weighted by atomic mass is 9.98. The summed E-state index contributed by atoms with van der Waals surface area (Å²) in [4.78, 5) is 16.1. The second-order valence-corrected chi connectivity index (χ2v) is 6.28. The minimum atomic E-state index is 0.248. The second kappa shape index (κ2) is 6.22. The van der Waals surface area contributed by atoms with Gasteiger partial charge in [0.25, 0.3) is 0 Å². The van der Waals surface area contributed by atoms with E-state index in [1.165, 1.54) is 5.56 Å². The highest BCUT2D eigenvalue weighted by Crippen LogP contribution is 2.30. The number of aliphatic hydroxyl groups excluding tert-OH is 1. The molecule has 0 aromatic carbocycles. The average molecular weight is 311 g/mol. The standard InChI is InChI=1S/C17H21N5O/c23-11-12-3-2-6-22(10-12)17-14-8-19-9-15(14)20-16(21-17)13-4-1-5-18-7-13/h1,4-5,7,12,19,23H,2-3,6,8-11H2/t12-/m1/s1. The quantitative estimate of drug-likeness (QED) is 0.891. The molecule has 0 unspecified atom stereocenters. The summed E-state index contributed by atoms with van der Waals surface area (Å²) in [5, 5.41) is 12.9. The highest BCUT2D eigenvalue weighted by Gasteiger charge is 2.27. The highest BCUT2D eigenvalue weighted by molar-refractivity contribution is 5.60. The number of hydrogen-bond acceptors (Lipinski definition) is 6. The Morgan fingerprint density at radius 2 is 2.26 bits per heavy atom. The molecule has 2 N–H and O–H groups in total. The minimum absolute atomic E-state index is 0.248. The zero-order valence-corrected chi connectivity index (χ0v) is 13.1. The van der Waals surface area contributed by atoms with Crippen LogP contribution in [0.3, 0.4) is 0 Å². The molecule has 6 heteroatoms. The van der Waals surface area contributed by atoms with Crippen LogP contribution in [0.1, 0.15) is 24.1 Å². The van der Waals surface area contributed by atoms with Gasteiger partial charge in [-0.2, -0.15) is 0 Å². The number of piperidine rings is 1. The van der Waals surface area contributed by atoms with Crippen molar-refractivity contribution in [1.29, 1.82) is 0 Å². The third-order valence-electron chi connectivity index (χ3n) is 4.66. The lowest BCUT2D eigenvalue weighted by molar-refractivity contribution is 0.208. The zero-order chi connectivity index (χ0) is 15.6. The van der Waals surface area contributed by atoms with Crippen molar-refractivity contribution in [3.8, 4) is 11.4 Å². The van der Waals surface area contributed by atoms with E-state index in [2.05, 4.69) is 15.2 Å². The summed E-state index contributed by atoms with van der Waals surface area (Å²) in [6.45, 7) is 3.71. The molecule has 0 amide bonds. The van der Waals surface area contributed by atoms with E-state index in [0.29, 0.717) is 5.92 Å². The van der Waals surface area contributed by atoms with Crippen LogP contribution in [0, 0.1) is 5.92 Å². The molecule has 0 spiro atoms. The van der Waals surface area contributed by atoms with Gasteiger partial charge in [0.2, 0.25) is 0 Å². The van der Waals surface area contributed by atoms with Gasteiger partial charge >= 0.3 is 0 Å².